The fourth-order valence-electron chi connectivity index (χ4n) is 4.96. The number of anilines is 1. The monoisotopic (exact) mass is 479 g/mol. The molecule has 0 radical (unpaired) electrons. The summed E-state index contributed by atoms with van der Waals surface area (Å²) < 4.78 is 0.859. The zero-order valence-electron chi connectivity index (χ0n) is 17.4. The largest absolute Gasteiger partial charge is 0.297 e. The normalized spacial score (nSPS) is 26.7. The third kappa shape index (κ3) is 2.90. The van der Waals surface area contributed by atoms with Crippen molar-refractivity contribution in [2.45, 2.75) is 32.9 Å². The number of halogens is 1. The van der Waals surface area contributed by atoms with Gasteiger partial charge in [0.2, 0.25) is 11.8 Å². The van der Waals surface area contributed by atoms with E-state index in [0.29, 0.717) is 5.69 Å². The Morgan fingerprint density at radius 3 is 2.29 bits per heavy atom. The number of Topliss-reactive ketones (excluding diaryl/α,β-unsaturated/α-hetero) is 1. The minimum Gasteiger partial charge on any atom is -0.297 e. The van der Waals surface area contributed by atoms with Crippen molar-refractivity contribution in [1.29, 1.82) is 0 Å². The molecule has 0 spiro atoms. The summed E-state index contributed by atoms with van der Waals surface area (Å²) in [5, 5.41) is 6.28. The van der Waals surface area contributed by atoms with Crippen molar-refractivity contribution >= 4 is 45.4 Å². The van der Waals surface area contributed by atoms with Gasteiger partial charge in [-0.05, 0) is 35.4 Å². The number of rotatable bonds is 2. The van der Waals surface area contributed by atoms with E-state index >= 15 is 0 Å². The van der Waals surface area contributed by atoms with Crippen molar-refractivity contribution in [2.24, 2.45) is 22.4 Å². The van der Waals surface area contributed by atoms with Crippen LogP contribution >= 0.6 is 15.9 Å². The highest BCUT2D eigenvalue weighted by molar-refractivity contribution is 9.10. The molecule has 2 fully saturated rings. The fourth-order valence-corrected chi connectivity index (χ4v) is 5.22. The maximum atomic E-state index is 13.7. The van der Waals surface area contributed by atoms with Crippen molar-refractivity contribution in [1.82, 2.24) is 5.01 Å². The predicted octanol–water partition coefficient (Wildman–Crippen LogP) is 3.94. The van der Waals surface area contributed by atoms with E-state index in [1.54, 1.807) is 35.5 Å². The first-order chi connectivity index (χ1) is 14.7. The molecule has 4 atom stereocenters. The molecular weight excluding hydrogens is 458 g/mol. The highest BCUT2D eigenvalue weighted by Crippen LogP contribution is 2.53. The zero-order chi connectivity index (χ0) is 22.1. The van der Waals surface area contributed by atoms with Gasteiger partial charge in [-0.1, -0.05) is 61.0 Å². The lowest BCUT2D eigenvalue weighted by molar-refractivity contribution is -0.136. The topological polar surface area (TPSA) is 70.0 Å². The number of hydrogen-bond donors (Lipinski definition) is 0. The van der Waals surface area contributed by atoms with Gasteiger partial charge in [-0.15, -0.1) is 0 Å². The van der Waals surface area contributed by atoms with Crippen LogP contribution < -0.4 is 4.90 Å². The van der Waals surface area contributed by atoms with Gasteiger partial charge in [-0.2, -0.15) is 5.10 Å². The fraction of sp³-hybridized carbons (Fsp3) is 0.333. The molecular formula is C24H22BrN3O3. The Labute approximate surface area is 189 Å². The van der Waals surface area contributed by atoms with Crippen LogP contribution in [0.4, 0.5) is 5.69 Å². The third-order valence-electron chi connectivity index (χ3n) is 6.39. The molecule has 2 saturated heterocycles. The molecule has 3 aliphatic rings. The van der Waals surface area contributed by atoms with Crippen LogP contribution in [-0.2, 0) is 14.4 Å². The number of benzene rings is 2. The lowest BCUT2D eigenvalue weighted by atomic mass is 9.79. The summed E-state index contributed by atoms with van der Waals surface area (Å²) in [6.07, 6.45) is 1.72. The van der Waals surface area contributed by atoms with E-state index in [2.05, 4.69) is 21.0 Å². The smallest absolute Gasteiger partial charge is 0.240 e. The first-order valence-corrected chi connectivity index (χ1v) is 11.1. The number of amides is 2. The Morgan fingerprint density at radius 2 is 1.61 bits per heavy atom. The molecule has 2 aromatic rings. The van der Waals surface area contributed by atoms with Gasteiger partial charge in [0.1, 0.15) is 6.04 Å². The van der Waals surface area contributed by atoms with Crippen molar-refractivity contribution in [3.63, 3.8) is 0 Å². The number of carbonyl (C=O) groups is 3. The number of hydrazone groups is 1. The summed E-state index contributed by atoms with van der Waals surface area (Å²) in [5.41, 5.74) is 1.68. The molecule has 7 heteroatoms. The molecule has 0 bridgehead atoms. The van der Waals surface area contributed by atoms with E-state index in [1.165, 1.54) is 4.90 Å². The molecule has 2 amide bonds. The molecule has 31 heavy (non-hydrogen) atoms. The average molecular weight is 480 g/mol. The van der Waals surface area contributed by atoms with Crippen molar-refractivity contribution < 1.29 is 14.4 Å². The number of fused-ring (bicyclic) bond motifs is 5. The van der Waals surface area contributed by atoms with Gasteiger partial charge in [0.05, 0.1) is 29.8 Å². The van der Waals surface area contributed by atoms with E-state index in [4.69, 9.17) is 0 Å². The molecule has 3 heterocycles. The molecule has 0 saturated carbocycles. The molecule has 0 unspecified atom stereocenters. The molecule has 2 aromatic carbocycles. The minimum absolute atomic E-state index is 0.0830. The summed E-state index contributed by atoms with van der Waals surface area (Å²) in [5.74, 6) is -2.12. The highest BCUT2D eigenvalue weighted by Gasteiger charge is 2.66. The maximum absolute atomic E-state index is 13.7. The summed E-state index contributed by atoms with van der Waals surface area (Å²) in [7, 11) is 0. The first-order valence-electron chi connectivity index (χ1n) is 10.3. The molecule has 5 rings (SSSR count). The number of nitrogens with zero attached hydrogens (tertiary/aromatic N) is 3. The Morgan fingerprint density at radius 1 is 0.968 bits per heavy atom. The molecule has 0 aliphatic carbocycles. The lowest BCUT2D eigenvalue weighted by Gasteiger charge is -2.35. The predicted molar refractivity (Wildman–Crippen MR) is 120 cm³/mol. The maximum Gasteiger partial charge on any atom is 0.240 e. The van der Waals surface area contributed by atoms with Crippen LogP contribution in [0.1, 0.15) is 37.9 Å². The van der Waals surface area contributed by atoms with Crippen molar-refractivity contribution in [3.05, 3.63) is 64.1 Å². The van der Waals surface area contributed by atoms with Crippen molar-refractivity contribution in [3.8, 4) is 0 Å². The van der Waals surface area contributed by atoms with E-state index in [9.17, 15) is 14.4 Å². The number of ketones is 1. The Bertz CT molecular complexity index is 1140. The average Bonchev–Trinajstić information content (AvgIpc) is 3.20. The van der Waals surface area contributed by atoms with Crippen LogP contribution in [0.5, 0.6) is 0 Å². The quantitative estimate of drug-likeness (QED) is 0.611. The zero-order valence-corrected chi connectivity index (χ0v) is 19.0. The second-order valence-corrected chi connectivity index (χ2v) is 10.2. The first kappa shape index (κ1) is 20.1. The Hall–Kier alpha value is -2.80. The second kappa shape index (κ2) is 6.85. The Balaban J connectivity index is 1.66. The molecule has 3 aliphatic heterocycles. The van der Waals surface area contributed by atoms with Crippen molar-refractivity contribution in [2.75, 3.05) is 4.90 Å². The number of hydrogen-bond acceptors (Lipinski definition) is 5. The summed E-state index contributed by atoms with van der Waals surface area (Å²) in [6.45, 7) is 5.52. The summed E-state index contributed by atoms with van der Waals surface area (Å²) >= 11 is 3.39. The number of imide groups is 1. The SMILES string of the molecule is CC(C)(C)C(=O)[C@@H]1[C@@H]2C(=O)N(c3ccc(Br)cc3)C(=O)[C@H]2[C@@H]2c3ccccc3C=NN12. The molecule has 0 N–H and O–H groups in total. The van der Waals surface area contributed by atoms with Gasteiger partial charge in [-0.25, -0.2) is 4.90 Å². The van der Waals surface area contributed by atoms with Gasteiger partial charge >= 0.3 is 0 Å². The second-order valence-electron chi connectivity index (χ2n) is 9.30. The summed E-state index contributed by atoms with van der Waals surface area (Å²) in [4.78, 5) is 42.1. The van der Waals surface area contributed by atoms with Gasteiger partial charge in [-0.3, -0.25) is 19.4 Å². The minimum atomic E-state index is -0.781. The highest BCUT2D eigenvalue weighted by atomic mass is 79.9. The van der Waals surface area contributed by atoms with E-state index in [1.807, 2.05) is 45.0 Å². The van der Waals surface area contributed by atoms with Crippen LogP contribution in [-0.4, -0.2) is 34.9 Å². The number of carbonyl (C=O) groups excluding carboxylic acids is 3. The molecule has 0 aromatic heterocycles. The van der Waals surface area contributed by atoms with Gasteiger partial charge in [0.15, 0.2) is 5.78 Å². The van der Waals surface area contributed by atoms with Crippen LogP contribution in [0.15, 0.2) is 58.1 Å². The van der Waals surface area contributed by atoms with E-state index < -0.39 is 29.3 Å². The lowest BCUT2D eigenvalue weighted by Crippen LogP contribution is -2.48. The van der Waals surface area contributed by atoms with Crippen LogP contribution in [0.2, 0.25) is 0 Å². The molecule has 158 valence electrons. The van der Waals surface area contributed by atoms with Crippen LogP contribution in [0.25, 0.3) is 0 Å². The standard InChI is InChI=1S/C24H22BrN3O3/c1-24(2,3)21(29)20-18-17(19-16-7-5-4-6-13(16)12-26-28(19)20)22(30)27(23(18)31)15-10-8-14(25)9-11-15/h4-12,17-20H,1-3H3/t17-,18-,19+,20+/m1/s1. The van der Waals surface area contributed by atoms with Gasteiger partial charge < -0.3 is 0 Å². The van der Waals surface area contributed by atoms with Gasteiger partial charge in [0, 0.05) is 9.89 Å². The van der Waals surface area contributed by atoms with Gasteiger partial charge in [0.25, 0.3) is 0 Å². The Kier molecular flexibility index (Phi) is 4.45. The van der Waals surface area contributed by atoms with E-state index in [0.717, 1.165) is 15.6 Å². The van der Waals surface area contributed by atoms with Crippen LogP contribution in [0, 0.1) is 17.3 Å². The van der Waals surface area contributed by atoms with E-state index in [-0.39, 0.29) is 17.6 Å². The third-order valence-corrected chi connectivity index (χ3v) is 6.91. The van der Waals surface area contributed by atoms with Crippen LogP contribution in [0.3, 0.4) is 0 Å². The summed E-state index contributed by atoms with van der Waals surface area (Å²) in [6, 6.07) is 13.6. The molecule has 6 nitrogen and oxygen atoms in total.